The van der Waals surface area contributed by atoms with Gasteiger partial charge in [0.05, 0.1) is 5.75 Å². The fraction of sp³-hybridized carbons (Fsp3) is 0.643. The predicted octanol–water partition coefficient (Wildman–Crippen LogP) is 1.56. The van der Waals surface area contributed by atoms with Crippen molar-refractivity contribution in [3.8, 4) is 0 Å². The monoisotopic (exact) mass is 330 g/mol. The minimum atomic E-state index is -3.14. The molecule has 1 aromatic rings. The zero-order valence-corrected chi connectivity index (χ0v) is 14.0. The lowest BCUT2D eigenvalue weighted by molar-refractivity contribution is -0.131. The number of nitrogens with zero attached hydrogens (tertiary/aromatic N) is 2. The van der Waals surface area contributed by atoms with Crippen LogP contribution in [0.15, 0.2) is 17.5 Å². The number of thiophene rings is 1. The summed E-state index contributed by atoms with van der Waals surface area (Å²) in [6.45, 7) is 3.75. The summed E-state index contributed by atoms with van der Waals surface area (Å²) in [5.41, 5.74) is 0. The molecule has 0 unspecified atom stereocenters. The van der Waals surface area contributed by atoms with E-state index < -0.39 is 10.0 Å². The van der Waals surface area contributed by atoms with E-state index in [2.05, 4.69) is 0 Å². The Morgan fingerprint density at radius 3 is 2.76 bits per heavy atom. The van der Waals surface area contributed by atoms with Crippen LogP contribution in [0, 0.1) is 0 Å². The Bertz CT molecular complexity index is 555. The zero-order chi connectivity index (χ0) is 15.3. The van der Waals surface area contributed by atoms with Crippen LogP contribution < -0.4 is 0 Å². The van der Waals surface area contributed by atoms with Crippen molar-refractivity contribution < 1.29 is 13.2 Å². The molecule has 1 saturated heterocycles. The van der Waals surface area contributed by atoms with Gasteiger partial charge in [-0.15, -0.1) is 11.3 Å². The van der Waals surface area contributed by atoms with Gasteiger partial charge in [-0.25, -0.2) is 12.7 Å². The molecule has 0 radical (unpaired) electrons. The van der Waals surface area contributed by atoms with Crippen molar-refractivity contribution in [1.82, 2.24) is 9.21 Å². The third-order valence-electron chi connectivity index (χ3n) is 3.73. The molecule has 1 amide bonds. The highest BCUT2D eigenvalue weighted by Gasteiger charge is 2.25. The van der Waals surface area contributed by atoms with Crippen molar-refractivity contribution in [2.75, 3.05) is 31.9 Å². The van der Waals surface area contributed by atoms with Crippen LogP contribution >= 0.6 is 11.3 Å². The average Bonchev–Trinajstić information content (AvgIpc) is 2.86. The first-order valence-corrected chi connectivity index (χ1v) is 9.80. The highest BCUT2D eigenvalue weighted by Crippen LogP contribution is 2.13. The van der Waals surface area contributed by atoms with E-state index in [9.17, 15) is 13.2 Å². The molecule has 1 fully saturated rings. The van der Waals surface area contributed by atoms with E-state index in [-0.39, 0.29) is 11.7 Å². The van der Waals surface area contributed by atoms with Crippen LogP contribution in [0.5, 0.6) is 0 Å². The summed E-state index contributed by atoms with van der Waals surface area (Å²) in [7, 11) is -3.14. The number of hydrogen-bond acceptors (Lipinski definition) is 4. The zero-order valence-electron chi connectivity index (χ0n) is 12.3. The molecule has 0 spiro atoms. The molecule has 1 aliphatic heterocycles. The van der Waals surface area contributed by atoms with Crippen molar-refractivity contribution in [3.05, 3.63) is 22.4 Å². The molecule has 118 valence electrons. The van der Waals surface area contributed by atoms with Gasteiger partial charge in [0.25, 0.3) is 0 Å². The normalized spacial score (nSPS) is 17.7. The molecule has 21 heavy (non-hydrogen) atoms. The first-order chi connectivity index (χ1) is 10.0. The van der Waals surface area contributed by atoms with Gasteiger partial charge in [0.1, 0.15) is 0 Å². The van der Waals surface area contributed by atoms with Crippen LogP contribution in [0.1, 0.15) is 24.6 Å². The quantitative estimate of drug-likeness (QED) is 0.823. The Morgan fingerprint density at radius 2 is 2.10 bits per heavy atom. The minimum Gasteiger partial charge on any atom is -0.341 e. The fourth-order valence-electron chi connectivity index (χ4n) is 2.45. The number of carbonyl (C=O) groups is 1. The molecule has 0 N–H and O–H groups in total. The molecule has 5 nitrogen and oxygen atoms in total. The van der Waals surface area contributed by atoms with Gasteiger partial charge in [-0.1, -0.05) is 6.07 Å². The Kier molecular flexibility index (Phi) is 5.78. The van der Waals surface area contributed by atoms with Crippen LogP contribution in [0.2, 0.25) is 0 Å². The third kappa shape index (κ3) is 4.52. The maximum absolute atomic E-state index is 12.2. The lowest BCUT2D eigenvalue weighted by Gasteiger charge is -2.21. The molecule has 0 atom stereocenters. The van der Waals surface area contributed by atoms with Gasteiger partial charge < -0.3 is 4.90 Å². The number of amides is 1. The number of aryl methyl sites for hydroxylation is 1. The molecule has 2 rings (SSSR count). The number of rotatable bonds is 5. The molecule has 0 bridgehead atoms. The summed E-state index contributed by atoms with van der Waals surface area (Å²) in [5.74, 6) is 0.249. The Balaban J connectivity index is 1.86. The van der Waals surface area contributed by atoms with Gasteiger partial charge in [-0.2, -0.15) is 0 Å². The smallest absolute Gasteiger partial charge is 0.222 e. The highest BCUT2D eigenvalue weighted by molar-refractivity contribution is 7.89. The molecule has 0 aromatic carbocycles. The average molecular weight is 330 g/mol. The van der Waals surface area contributed by atoms with Crippen LogP contribution in [0.3, 0.4) is 0 Å². The SMILES string of the molecule is CCS(=O)(=O)N1CCCN(C(=O)CCc2cccs2)CC1. The van der Waals surface area contributed by atoms with E-state index in [1.54, 1.807) is 23.2 Å². The fourth-order valence-corrected chi connectivity index (χ4v) is 4.29. The van der Waals surface area contributed by atoms with Crippen molar-refractivity contribution in [1.29, 1.82) is 0 Å². The molecule has 0 saturated carbocycles. The Morgan fingerprint density at radius 1 is 1.29 bits per heavy atom. The lowest BCUT2D eigenvalue weighted by atomic mass is 10.2. The van der Waals surface area contributed by atoms with E-state index in [1.165, 1.54) is 9.18 Å². The maximum atomic E-state index is 12.2. The van der Waals surface area contributed by atoms with Crippen LogP contribution in [-0.4, -0.2) is 55.5 Å². The van der Waals surface area contributed by atoms with E-state index >= 15 is 0 Å². The Hall–Kier alpha value is -0.920. The third-order valence-corrected chi connectivity index (χ3v) is 6.55. The van der Waals surface area contributed by atoms with Gasteiger partial charge in [0.2, 0.25) is 15.9 Å². The summed E-state index contributed by atoms with van der Waals surface area (Å²) in [6, 6.07) is 4.03. The predicted molar refractivity (Wildman–Crippen MR) is 84.9 cm³/mol. The van der Waals surface area contributed by atoms with Gasteiger partial charge >= 0.3 is 0 Å². The largest absolute Gasteiger partial charge is 0.341 e. The minimum absolute atomic E-state index is 0.124. The van der Waals surface area contributed by atoms with Crippen LogP contribution in [0.4, 0.5) is 0 Å². The summed E-state index contributed by atoms with van der Waals surface area (Å²) in [5, 5.41) is 2.01. The number of carbonyl (C=O) groups excluding carboxylic acids is 1. The number of sulfonamides is 1. The topological polar surface area (TPSA) is 57.7 Å². The van der Waals surface area contributed by atoms with E-state index in [4.69, 9.17) is 0 Å². The summed E-state index contributed by atoms with van der Waals surface area (Å²) in [6.07, 6.45) is 1.98. The van der Waals surface area contributed by atoms with Crippen molar-refractivity contribution in [2.45, 2.75) is 26.2 Å². The first kappa shape index (κ1) is 16.5. The molecular weight excluding hydrogens is 308 g/mol. The Labute approximate surface area is 130 Å². The van der Waals surface area contributed by atoms with Crippen LogP contribution in [-0.2, 0) is 21.2 Å². The molecular formula is C14H22N2O3S2. The lowest BCUT2D eigenvalue weighted by Crippen LogP contribution is -2.38. The van der Waals surface area contributed by atoms with Crippen molar-refractivity contribution >= 4 is 27.3 Å². The maximum Gasteiger partial charge on any atom is 0.222 e. The molecule has 1 aromatic heterocycles. The van der Waals surface area contributed by atoms with Gasteiger partial charge in [-0.3, -0.25) is 4.79 Å². The van der Waals surface area contributed by atoms with Crippen molar-refractivity contribution in [2.24, 2.45) is 0 Å². The second-order valence-corrected chi connectivity index (χ2v) is 8.40. The van der Waals surface area contributed by atoms with Crippen LogP contribution in [0.25, 0.3) is 0 Å². The second-order valence-electron chi connectivity index (χ2n) is 5.11. The standard InChI is InChI=1S/C14H22N2O3S2/c1-2-21(18,19)16-9-4-8-15(10-11-16)14(17)7-6-13-5-3-12-20-13/h3,5,12H,2,4,6-11H2,1H3. The van der Waals surface area contributed by atoms with Gasteiger partial charge in [0, 0.05) is 37.5 Å². The van der Waals surface area contributed by atoms with Crippen molar-refractivity contribution in [3.63, 3.8) is 0 Å². The summed E-state index contributed by atoms with van der Waals surface area (Å²) < 4.78 is 25.3. The van der Waals surface area contributed by atoms with E-state index in [1.807, 2.05) is 17.5 Å². The molecule has 7 heteroatoms. The molecule has 1 aliphatic rings. The van der Waals surface area contributed by atoms with Gasteiger partial charge in [0.15, 0.2) is 0 Å². The highest BCUT2D eigenvalue weighted by atomic mass is 32.2. The van der Waals surface area contributed by atoms with E-state index in [0.717, 1.165) is 6.42 Å². The van der Waals surface area contributed by atoms with E-state index in [0.29, 0.717) is 39.0 Å². The second kappa shape index (κ2) is 7.38. The summed E-state index contributed by atoms with van der Waals surface area (Å²) in [4.78, 5) is 15.3. The molecule has 2 heterocycles. The van der Waals surface area contributed by atoms with Gasteiger partial charge in [-0.05, 0) is 31.2 Å². The summed E-state index contributed by atoms with van der Waals surface area (Å²) >= 11 is 1.66. The number of hydrogen-bond donors (Lipinski definition) is 0. The first-order valence-electron chi connectivity index (χ1n) is 7.31. The molecule has 0 aliphatic carbocycles.